The van der Waals surface area contributed by atoms with Gasteiger partial charge in [0.05, 0.1) is 7.11 Å². The van der Waals surface area contributed by atoms with Crippen molar-refractivity contribution in [1.82, 2.24) is 0 Å². The van der Waals surface area contributed by atoms with Crippen molar-refractivity contribution >= 4 is 6.29 Å². The first-order valence-corrected chi connectivity index (χ1v) is 5.37. The summed E-state index contributed by atoms with van der Waals surface area (Å²) in [5.41, 5.74) is 1.24. The van der Waals surface area contributed by atoms with Crippen molar-refractivity contribution in [2.45, 2.75) is 25.2 Å². The van der Waals surface area contributed by atoms with Gasteiger partial charge in [0.15, 0.2) is 0 Å². The minimum absolute atomic E-state index is 0.0500. The lowest BCUT2D eigenvalue weighted by molar-refractivity contribution is -0.109. The van der Waals surface area contributed by atoms with E-state index in [1.807, 2.05) is 18.2 Å². The Hall–Kier alpha value is -1.31. The highest BCUT2D eigenvalue weighted by Gasteiger charge is 2.54. The summed E-state index contributed by atoms with van der Waals surface area (Å²) < 4.78 is 5.35. The lowest BCUT2D eigenvalue weighted by Gasteiger charge is -2.17. The van der Waals surface area contributed by atoms with Gasteiger partial charge in [0, 0.05) is 16.9 Å². The van der Waals surface area contributed by atoms with Crippen molar-refractivity contribution in [3.63, 3.8) is 0 Å². The molecule has 0 radical (unpaired) electrons. The molecule has 0 bridgehead atoms. The van der Waals surface area contributed by atoms with Gasteiger partial charge in [-0.3, -0.25) is 0 Å². The molecule has 0 N–H and O–H groups in total. The Bertz CT molecular complexity index is 373. The molecule has 0 heterocycles. The van der Waals surface area contributed by atoms with Gasteiger partial charge >= 0.3 is 0 Å². The van der Waals surface area contributed by atoms with Gasteiger partial charge in [-0.05, 0) is 18.9 Å². The number of rotatable bonds is 4. The lowest BCUT2D eigenvalue weighted by atomic mass is 9.90. The molecule has 2 unspecified atom stereocenters. The van der Waals surface area contributed by atoms with Crippen molar-refractivity contribution in [3.8, 4) is 5.75 Å². The van der Waals surface area contributed by atoms with Gasteiger partial charge in [0.2, 0.25) is 0 Å². The summed E-state index contributed by atoms with van der Waals surface area (Å²) in [6, 6.07) is 8.01. The molecule has 0 amide bonds. The maximum Gasteiger partial charge on any atom is 0.123 e. The van der Waals surface area contributed by atoms with Gasteiger partial charge in [-0.15, -0.1) is 0 Å². The van der Waals surface area contributed by atoms with E-state index < -0.39 is 0 Å². The molecular formula is C13H16O2. The number of carbonyl (C=O) groups excluding carboxylic acids is 1. The standard InChI is InChI=1S/C13H16O2/c1-3-13(8-10(13)9-14)11-6-4-5-7-12(11)15-2/h4-7,9-10H,3,8H2,1-2H3. The summed E-state index contributed by atoms with van der Waals surface area (Å²) >= 11 is 0. The normalized spacial score (nSPS) is 28.5. The number of benzene rings is 1. The average Bonchev–Trinajstić information content (AvgIpc) is 3.04. The van der Waals surface area contributed by atoms with Crippen LogP contribution >= 0.6 is 0 Å². The van der Waals surface area contributed by atoms with E-state index in [0.717, 1.165) is 24.9 Å². The number of hydrogen-bond donors (Lipinski definition) is 0. The second-order valence-corrected chi connectivity index (χ2v) is 4.16. The third-order valence-corrected chi connectivity index (χ3v) is 3.57. The van der Waals surface area contributed by atoms with Gasteiger partial charge < -0.3 is 9.53 Å². The average molecular weight is 204 g/mol. The Morgan fingerprint density at radius 1 is 1.53 bits per heavy atom. The van der Waals surface area contributed by atoms with Crippen LogP contribution in [-0.2, 0) is 10.2 Å². The number of hydrogen-bond acceptors (Lipinski definition) is 2. The fourth-order valence-corrected chi connectivity index (χ4v) is 2.47. The van der Waals surface area contributed by atoms with Crippen molar-refractivity contribution in [2.75, 3.05) is 7.11 Å². The van der Waals surface area contributed by atoms with Gasteiger partial charge in [-0.1, -0.05) is 25.1 Å². The second kappa shape index (κ2) is 3.69. The molecule has 1 aromatic carbocycles. The third kappa shape index (κ3) is 1.44. The molecule has 1 aliphatic rings. The first-order valence-electron chi connectivity index (χ1n) is 5.37. The van der Waals surface area contributed by atoms with E-state index in [1.165, 1.54) is 5.56 Å². The number of carbonyl (C=O) groups is 1. The summed E-state index contributed by atoms with van der Waals surface area (Å²) in [6.45, 7) is 2.13. The van der Waals surface area contributed by atoms with E-state index in [-0.39, 0.29) is 11.3 Å². The van der Waals surface area contributed by atoms with Crippen LogP contribution in [0.3, 0.4) is 0 Å². The molecule has 1 aliphatic carbocycles. The summed E-state index contributed by atoms with van der Waals surface area (Å²) in [6.07, 6.45) is 3.04. The first kappa shape index (κ1) is 10.2. The summed E-state index contributed by atoms with van der Waals surface area (Å²) in [5, 5.41) is 0. The van der Waals surface area contributed by atoms with E-state index in [4.69, 9.17) is 4.74 Å². The zero-order valence-electron chi connectivity index (χ0n) is 9.19. The van der Waals surface area contributed by atoms with E-state index in [2.05, 4.69) is 13.0 Å². The minimum Gasteiger partial charge on any atom is -0.496 e. The highest BCUT2D eigenvalue weighted by atomic mass is 16.5. The van der Waals surface area contributed by atoms with Crippen LogP contribution in [0.15, 0.2) is 24.3 Å². The van der Waals surface area contributed by atoms with E-state index in [0.29, 0.717) is 0 Å². The van der Waals surface area contributed by atoms with Crippen molar-refractivity contribution in [1.29, 1.82) is 0 Å². The zero-order chi connectivity index (χ0) is 10.9. The fraction of sp³-hybridized carbons (Fsp3) is 0.462. The summed E-state index contributed by atoms with van der Waals surface area (Å²) in [5.74, 6) is 1.09. The molecular weight excluding hydrogens is 188 g/mol. The fourth-order valence-electron chi connectivity index (χ4n) is 2.47. The third-order valence-electron chi connectivity index (χ3n) is 3.57. The van der Waals surface area contributed by atoms with Crippen LogP contribution in [0.1, 0.15) is 25.3 Å². The van der Waals surface area contributed by atoms with Crippen LogP contribution in [0, 0.1) is 5.92 Å². The molecule has 0 spiro atoms. The number of ether oxygens (including phenoxy) is 1. The Balaban J connectivity index is 2.40. The summed E-state index contributed by atoms with van der Waals surface area (Å²) in [4.78, 5) is 10.9. The molecule has 1 aromatic rings. The Morgan fingerprint density at radius 3 is 2.80 bits per heavy atom. The molecule has 0 saturated heterocycles. The number of para-hydroxylation sites is 1. The Labute approximate surface area is 90.3 Å². The molecule has 2 heteroatoms. The smallest absolute Gasteiger partial charge is 0.123 e. The monoisotopic (exact) mass is 204 g/mol. The molecule has 0 aliphatic heterocycles. The number of methoxy groups -OCH3 is 1. The molecule has 1 fully saturated rings. The molecule has 1 saturated carbocycles. The van der Waals surface area contributed by atoms with Crippen LogP contribution < -0.4 is 4.74 Å². The maximum absolute atomic E-state index is 10.9. The summed E-state index contributed by atoms with van der Waals surface area (Å²) in [7, 11) is 1.68. The highest BCUT2D eigenvalue weighted by molar-refractivity contribution is 5.65. The predicted molar refractivity (Wildman–Crippen MR) is 59.1 cm³/mol. The molecule has 2 atom stereocenters. The second-order valence-electron chi connectivity index (χ2n) is 4.16. The first-order chi connectivity index (χ1) is 7.28. The zero-order valence-corrected chi connectivity index (χ0v) is 9.19. The van der Waals surface area contributed by atoms with Crippen LogP contribution in [0.2, 0.25) is 0 Å². The number of aldehydes is 1. The van der Waals surface area contributed by atoms with E-state index in [1.54, 1.807) is 7.11 Å². The molecule has 80 valence electrons. The quantitative estimate of drug-likeness (QED) is 0.704. The van der Waals surface area contributed by atoms with Gasteiger partial charge in [-0.25, -0.2) is 0 Å². The lowest BCUT2D eigenvalue weighted by Crippen LogP contribution is -2.11. The van der Waals surface area contributed by atoms with Crippen LogP contribution in [0.4, 0.5) is 0 Å². The van der Waals surface area contributed by atoms with E-state index in [9.17, 15) is 4.79 Å². The SMILES string of the molecule is CCC1(c2ccccc2OC)CC1C=O. The van der Waals surface area contributed by atoms with Gasteiger partial charge in [0.1, 0.15) is 12.0 Å². The minimum atomic E-state index is 0.0500. The highest BCUT2D eigenvalue weighted by Crippen LogP contribution is 2.57. The Kier molecular flexibility index (Phi) is 2.51. The van der Waals surface area contributed by atoms with Crippen molar-refractivity contribution in [2.24, 2.45) is 5.92 Å². The molecule has 0 aromatic heterocycles. The topological polar surface area (TPSA) is 26.3 Å². The van der Waals surface area contributed by atoms with Crippen molar-refractivity contribution in [3.05, 3.63) is 29.8 Å². The largest absolute Gasteiger partial charge is 0.496 e. The Morgan fingerprint density at radius 2 is 2.27 bits per heavy atom. The molecule has 2 nitrogen and oxygen atoms in total. The van der Waals surface area contributed by atoms with Crippen LogP contribution in [-0.4, -0.2) is 13.4 Å². The van der Waals surface area contributed by atoms with Gasteiger partial charge in [-0.2, -0.15) is 0 Å². The van der Waals surface area contributed by atoms with Crippen LogP contribution in [0.5, 0.6) is 5.75 Å². The molecule has 2 rings (SSSR count). The van der Waals surface area contributed by atoms with Crippen LogP contribution in [0.25, 0.3) is 0 Å². The van der Waals surface area contributed by atoms with Crippen molar-refractivity contribution < 1.29 is 9.53 Å². The van der Waals surface area contributed by atoms with E-state index >= 15 is 0 Å². The molecule has 15 heavy (non-hydrogen) atoms. The predicted octanol–water partition coefficient (Wildman–Crippen LogP) is 2.56. The maximum atomic E-state index is 10.9. The van der Waals surface area contributed by atoms with Gasteiger partial charge in [0.25, 0.3) is 0 Å².